The van der Waals surface area contributed by atoms with E-state index in [9.17, 15) is 4.79 Å². The topological polar surface area (TPSA) is 47.8 Å². The van der Waals surface area contributed by atoms with Gasteiger partial charge in [-0.15, -0.1) is 0 Å². The van der Waals surface area contributed by atoms with Crippen LogP contribution in [0.4, 0.5) is 0 Å². The van der Waals surface area contributed by atoms with Crippen LogP contribution in [0, 0.1) is 13.8 Å². The van der Waals surface area contributed by atoms with Gasteiger partial charge >= 0.3 is 0 Å². The van der Waals surface area contributed by atoms with E-state index < -0.39 is 0 Å². The molecule has 4 nitrogen and oxygen atoms in total. The maximum absolute atomic E-state index is 12.4. The van der Waals surface area contributed by atoms with Gasteiger partial charge < -0.3 is 0 Å². The second-order valence-electron chi connectivity index (χ2n) is 5.03. The first kappa shape index (κ1) is 14.4. The lowest BCUT2D eigenvalue weighted by molar-refractivity contribution is 0.0966. The molecule has 20 heavy (non-hydrogen) atoms. The number of carbonyl (C=O) groups excluding carboxylic acids is 1. The third kappa shape index (κ3) is 2.95. The number of nitrogens with zero attached hydrogens (tertiary/aromatic N) is 3. The Hall–Kier alpha value is -1.97. The van der Waals surface area contributed by atoms with Gasteiger partial charge in [0.1, 0.15) is 12.4 Å². The number of hydrogen-bond donors (Lipinski definition) is 0. The van der Waals surface area contributed by atoms with Crippen LogP contribution in [0.5, 0.6) is 0 Å². The molecule has 2 aromatic rings. The molecule has 106 valence electrons. The Morgan fingerprint density at radius 2 is 1.90 bits per heavy atom. The van der Waals surface area contributed by atoms with Crippen molar-refractivity contribution < 1.29 is 4.79 Å². The number of hydrogen-bond acceptors (Lipinski definition) is 3. The molecule has 0 spiro atoms. The summed E-state index contributed by atoms with van der Waals surface area (Å²) in [5, 5.41) is 4.39. The van der Waals surface area contributed by atoms with E-state index in [0.29, 0.717) is 0 Å². The molecule has 0 saturated carbocycles. The molecule has 0 aliphatic carbocycles. The lowest BCUT2D eigenvalue weighted by Crippen LogP contribution is -2.14. The van der Waals surface area contributed by atoms with Crippen molar-refractivity contribution in [2.75, 3.05) is 0 Å². The molecule has 1 heterocycles. The van der Waals surface area contributed by atoms with Crippen molar-refractivity contribution in [2.24, 2.45) is 0 Å². The van der Waals surface area contributed by atoms with Crippen LogP contribution in [0.25, 0.3) is 0 Å². The fourth-order valence-corrected chi connectivity index (χ4v) is 2.11. The Bertz CT molecular complexity index is 629. The Balaban J connectivity index is 2.22. The van der Waals surface area contributed by atoms with Gasteiger partial charge in [-0.25, -0.2) is 9.67 Å². The molecular weight excluding hydrogens is 250 g/mol. The van der Waals surface area contributed by atoms with Gasteiger partial charge in [-0.05, 0) is 31.0 Å². The molecule has 0 saturated heterocycles. The summed E-state index contributed by atoms with van der Waals surface area (Å²) in [5.74, 6) is 1.75. The number of rotatable bonds is 5. The molecule has 0 atom stereocenters. The Morgan fingerprint density at radius 1 is 1.15 bits per heavy atom. The first-order chi connectivity index (χ1) is 9.55. The van der Waals surface area contributed by atoms with Gasteiger partial charge in [0.25, 0.3) is 0 Å². The molecule has 1 aromatic carbocycles. The second kappa shape index (κ2) is 5.99. The van der Waals surface area contributed by atoms with Crippen molar-refractivity contribution >= 4 is 5.78 Å². The maximum Gasteiger partial charge on any atom is 0.184 e. The smallest absolute Gasteiger partial charge is 0.184 e. The molecule has 1 aromatic heterocycles. The van der Waals surface area contributed by atoms with Crippen molar-refractivity contribution in [1.82, 2.24) is 14.8 Å². The standard InChI is InChI=1S/C16H21N3O/c1-5-15-17-16(6-2)19(18-15)10-14(20)13-8-7-11(3)12(4)9-13/h7-9H,5-6,10H2,1-4H3. The predicted octanol–water partition coefficient (Wildman–Crippen LogP) is 2.90. The first-order valence-corrected chi connectivity index (χ1v) is 7.08. The zero-order valence-electron chi connectivity index (χ0n) is 12.6. The largest absolute Gasteiger partial charge is 0.292 e. The van der Waals surface area contributed by atoms with E-state index in [2.05, 4.69) is 10.1 Å². The minimum atomic E-state index is 0.0790. The molecule has 0 amide bonds. The molecule has 4 heteroatoms. The summed E-state index contributed by atoms with van der Waals surface area (Å²) in [6.45, 7) is 8.38. The Morgan fingerprint density at radius 3 is 2.50 bits per heavy atom. The fourth-order valence-electron chi connectivity index (χ4n) is 2.11. The van der Waals surface area contributed by atoms with Crippen LogP contribution in [0.2, 0.25) is 0 Å². The molecule has 0 fully saturated rings. The summed E-state index contributed by atoms with van der Waals surface area (Å²) >= 11 is 0. The molecule has 0 radical (unpaired) electrons. The summed E-state index contributed by atoms with van der Waals surface area (Å²) in [6, 6.07) is 5.82. The van der Waals surface area contributed by atoms with Gasteiger partial charge in [0.15, 0.2) is 11.6 Å². The number of benzene rings is 1. The van der Waals surface area contributed by atoms with Crippen molar-refractivity contribution in [3.05, 3.63) is 46.5 Å². The van der Waals surface area contributed by atoms with Gasteiger partial charge in [-0.3, -0.25) is 4.79 Å². The van der Waals surface area contributed by atoms with Crippen molar-refractivity contribution in [2.45, 2.75) is 47.1 Å². The van der Waals surface area contributed by atoms with E-state index in [1.807, 2.05) is 45.9 Å². The normalized spacial score (nSPS) is 10.8. The number of aryl methyl sites for hydroxylation is 4. The maximum atomic E-state index is 12.4. The highest BCUT2D eigenvalue weighted by molar-refractivity contribution is 5.96. The third-order valence-electron chi connectivity index (χ3n) is 3.55. The fraction of sp³-hybridized carbons (Fsp3) is 0.438. The molecule has 0 aliphatic heterocycles. The summed E-state index contributed by atoms with van der Waals surface area (Å²) in [7, 11) is 0. The van der Waals surface area contributed by atoms with Crippen molar-refractivity contribution in [3.63, 3.8) is 0 Å². The zero-order chi connectivity index (χ0) is 14.7. The molecule has 0 unspecified atom stereocenters. The average molecular weight is 271 g/mol. The van der Waals surface area contributed by atoms with Crippen LogP contribution in [0.3, 0.4) is 0 Å². The van der Waals surface area contributed by atoms with Gasteiger partial charge in [0.2, 0.25) is 0 Å². The minimum absolute atomic E-state index is 0.0790. The van der Waals surface area contributed by atoms with Crippen molar-refractivity contribution in [1.29, 1.82) is 0 Å². The van der Waals surface area contributed by atoms with Crippen LogP contribution in [0.1, 0.15) is 47.0 Å². The van der Waals surface area contributed by atoms with Gasteiger partial charge in [-0.1, -0.05) is 26.0 Å². The summed E-state index contributed by atoms with van der Waals surface area (Å²) in [4.78, 5) is 16.8. The highest BCUT2D eigenvalue weighted by Gasteiger charge is 2.13. The molecule has 0 N–H and O–H groups in total. The zero-order valence-corrected chi connectivity index (χ0v) is 12.6. The van der Waals surface area contributed by atoms with Gasteiger partial charge in [0.05, 0.1) is 0 Å². The lowest BCUT2D eigenvalue weighted by Gasteiger charge is -2.06. The highest BCUT2D eigenvalue weighted by Crippen LogP contribution is 2.12. The molecule has 0 bridgehead atoms. The Labute approximate surface area is 119 Å². The van der Waals surface area contributed by atoms with Gasteiger partial charge in [0, 0.05) is 18.4 Å². The quantitative estimate of drug-likeness (QED) is 0.786. The van der Waals surface area contributed by atoms with E-state index in [1.54, 1.807) is 4.68 Å². The number of Topliss-reactive ketones (excluding diaryl/α,β-unsaturated/α-hetero) is 1. The summed E-state index contributed by atoms with van der Waals surface area (Å²) in [6.07, 6.45) is 1.57. The number of aromatic nitrogens is 3. The summed E-state index contributed by atoms with van der Waals surface area (Å²) < 4.78 is 1.73. The van der Waals surface area contributed by atoms with E-state index in [-0.39, 0.29) is 12.3 Å². The third-order valence-corrected chi connectivity index (χ3v) is 3.55. The SMILES string of the molecule is CCc1nc(CC)n(CC(=O)c2ccc(C)c(C)c2)n1. The highest BCUT2D eigenvalue weighted by atomic mass is 16.1. The Kier molecular flexibility index (Phi) is 4.32. The van der Waals surface area contributed by atoms with Crippen molar-refractivity contribution in [3.8, 4) is 0 Å². The predicted molar refractivity (Wildman–Crippen MR) is 79.0 cm³/mol. The lowest BCUT2D eigenvalue weighted by atomic mass is 10.0. The van der Waals surface area contributed by atoms with E-state index in [1.165, 1.54) is 5.56 Å². The van der Waals surface area contributed by atoms with Crippen LogP contribution in [0.15, 0.2) is 18.2 Å². The minimum Gasteiger partial charge on any atom is -0.292 e. The summed E-state index contributed by atoms with van der Waals surface area (Å²) in [5.41, 5.74) is 3.08. The first-order valence-electron chi connectivity index (χ1n) is 7.08. The van der Waals surface area contributed by atoms with Gasteiger partial charge in [-0.2, -0.15) is 5.10 Å². The van der Waals surface area contributed by atoms with E-state index >= 15 is 0 Å². The monoisotopic (exact) mass is 271 g/mol. The molecular formula is C16H21N3O. The average Bonchev–Trinajstić information content (AvgIpc) is 2.84. The van der Waals surface area contributed by atoms with Crippen LogP contribution in [-0.4, -0.2) is 20.5 Å². The number of carbonyl (C=O) groups is 1. The molecule has 0 aliphatic rings. The van der Waals surface area contributed by atoms with Crippen LogP contribution >= 0.6 is 0 Å². The van der Waals surface area contributed by atoms with E-state index in [4.69, 9.17) is 0 Å². The molecule has 2 rings (SSSR count). The van der Waals surface area contributed by atoms with Crippen LogP contribution < -0.4 is 0 Å². The van der Waals surface area contributed by atoms with E-state index in [0.717, 1.165) is 35.6 Å². The van der Waals surface area contributed by atoms with Crippen LogP contribution in [-0.2, 0) is 19.4 Å². The second-order valence-corrected chi connectivity index (χ2v) is 5.03. The number of ketones is 1.